The quantitative estimate of drug-likeness (QED) is 0.816. The van der Waals surface area contributed by atoms with Crippen LogP contribution >= 0.6 is 23.2 Å². The van der Waals surface area contributed by atoms with Gasteiger partial charge in [0.2, 0.25) is 0 Å². The van der Waals surface area contributed by atoms with Crippen molar-refractivity contribution in [2.24, 2.45) is 0 Å². The van der Waals surface area contributed by atoms with E-state index in [1.165, 1.54) is 19.2 Å². The summed E-state index contributed by atoms with van der Waals surface area (Å²) in [6, 6.07) is 3.08. The van der Waals surface area contributed by atoms with Crippen LogP contribution in [-0.4, -0.2) is 33.0 Å². The van der Waals surface area contributed by atoms with Crippen LogP contribution in [0.3, 0.4) is 0 Å². The molecular formula is C12H15Cl2NO4. The molecule has 0 aliphatic carbocycles. The van der Waals surface area contributed by atoms with Crippen LogP contribution in [0.4, 0.5) is 10.5 Å². The van der Waals surface area contributed by atoms with Gasteiger partial charge in [0.25, 0.3) is 0 Å². The molecule has 0 heterocycles. The Kier molecular flexibility index (Phi) is 6.77. The highest BCUT2D eigenvalue weighted by molar-refractivity contribution is 6.37. The molecule has 0 unspecified atom stereocenters. The van der Waals surface area contributed by atoms with E-state index in [0.29, 0.717) is 34.7 Å². The van der Waals surface area contributed by atoms with E-state index in [2.05, 4.69) is 5.32 Å². The topological polar surface area (TPSA) is 56.8 Å². The molecule has 106 valence electrons. The molecule has 0 bridgehead atoms. The fourth-order valence-corrected chi connectivity index (χ4v) is 1.88. The number of ether oxygens (including phenoxy) is 3. The van der Waals surface area contributed by atoms with Crippen LogP contribution in [0, 0.1) is 0 Å². The van der Waals surface area contributed by atoms with Crippen molar-refractivity contribution in [2.45, 2.75) is 6.92 Å². The fourth-order valence-electron chi connectivity index (χ4n) is 1.29. The van der Waals surface area contributed by atoms with Gasteiger partial charge in [-0.05, 0) is 19.1 Å². The van der Waals surface area contributed by atoms with Gasteiger partial charge < -0.3 is 14.2 Å². The molecular weight excluding hydrogens is 293 g/mol. The third kappa shape index (κ3) is 5.14. The maximum atomic E-state index is 11.4. The minimum atomic E-state index is -0.603. The predicted octanol–water partition coefficient (Wildman–Crippen LogP) is 3.59. The van der Waals surface area contributed by atoms with E-state index < -0.39 is 6.09 Å². The number of hydrogen-bond donors (Lipinski definition) is 1. The lowest BCUT2D eigenvalue weighted by molar-refractivity contribution is 0.107. The normalized spacial score (nSPS) is 10.1. The number of methoxy groups -OCH3 is 1. The Balaban J connectivity index is 2.67. The molecule has 0 aromatic heterocycles. The molecule has 0 radical (unpaired) electrons. The summed E-state index contributed by atoms with van der Waals surface area (Å²) in [6.07, 6.45) is -0.603. The molecule has 0 aliphatic heterocycles. The SMILES string of the molecule is CCOc1c(Cl)cc(NC(=O)OCCOC)cc1Cl. The standard InChI is InChI=1S/C12H15Cl2NO4/c1-3-18-11-9(13)6-8(7-10(11)14)15-12(16)19-5-4-17-2/h6-7H,3-5H2,1-2H3,(H,15,16). The van der Waals surface area contributed by atoms with Crippen molar-refractivity contribution in [3.63, 3.8) is 0 Å². The lowest BCUT2D eigenvalue weighted by atomic mass is 10.3. The third-order valence-electron chi connectivity index (χ3n) is 2.05. The Morgan fingerprint density at radius 3 is 2.42 bits per heavy atom. The van der Waals surface area contributed by atoms with E-state index in [-0.39, 0.29) is 6.61 Å². The molecule has 5 nitrogen and oxygen atoms in total. The zero-order valence-electron chi connectivity index (χ0n) is 10.7. The van der Waals surface area contributed by atoms with E-state index in [4.69, 9.17) is 37.4 Å². The summed E-state index contributed by atoms with van der Waals surface area (Å²) in [5.74, 6) is 0.393. The molecule has 0 fully saturated rings. The summed E-state index contributed by atoms with van der Waals surface area (Å²) in [5.41, 5.74) is 0.431. The largest absolute Gasteiger partial charge is 0.491 e. The Morgan fingerprint density at radius 1 is 1.26 bits per heavy atom. The van der Waals surface area contributed by atoms with Gasteiger partial charge in [0, 0.05) is 12.8 Å². The number of halogens is 2. The van der Waals surface area contributed by atoms with E-state index in [9.17, 15) is 4.79 Å². The van der Waals surface area contributed by atoms with Crippen LogP contribution in [0.2, 0.25) is 10.0 Å². The van der Waals surface area contributed by atoms with Crippen LogP contribution in [0.15, 0.2) is 12.1 Å². The van der Waals surface area contributed by atoms with Crippen molar-refractivity contribution in [3.05, 3.63) is 22.2 Å². The van der Waals surface area contributed by atoms with Gasteiger partial charge in [-0.2, -0.15) is 0 Å². The number of carbonyl (C=O) groups is 1. The molecule has 1 aromatic carbocycles. The van der Waals surface area contributed by atoms with Crippen molar-refractivity contribution in [1.29, 1.82) is 0 Å². The first-order valence-electron chi connectivity index (χ1n) is 5.63. The van der Waals surface area contributed by atoms with Gasteiger partial charge in [0.05, 0.1) is 23.3 Å². The van der Waals surface area contributed by atoms with E-state index in [1.54, 1.807) is 0 Å². The summed E-state index contributed by atoms with van der Waals surface area (Å²) in [4.78, 5) is 11.4. The highest BCUT2D eigenvalue weighted by atomic mass is 35.5. The van der Waals surface area contributed by atoms with E-state index >= 15 is 0 Å². The van der Waals surface area contributed by atoms with Gasteiger partial charge in [-0.25, -0.2) is 4.79 Å². The summed E-state index contributed by atoms with van der Waals surface area (Å²) < 4.78 is 14.9. The Bertz CT molecular complexity index is 417. The van der Waals surface area contributed by atoms with Gasteiger partial charge in [0.1, 0.15) is 6.61 Å². The van der Waals surface area contributed by atoms with Gasteiger partial charge >= 0.3 is 6.09 Å². The summed E-state index contributed by atoms with van der Waals surface area (Å²) in [7, 11) is 1.52. The number of anilines is 1. The van der Waals surface area contributed by atoms with Crippen LogP contribution in [0.1, 0.15) is 6.92 Å². The Morgan fingerprint density at radius 2 is 1.89 bits per heavy atom. The highest BCUT2D eigenvalue weighted by Crippen LogP contribution is 2.35. The average Bonchev–Trinajstić information content (AvgIpc) is 2.34. The number of hydrogen-bond acceptors (Lipinski definition) is 4. The van der Waals surface area contributed by atoms with Crippen LogP contribution in [0.25, 0.3) is 0 Å². The Labute approximate surface area is 121 Å². The smallest absolute Gasteiger partial charge is 0.411 e. The van der Waals surface area contributed by atoms with Crippen molar-refractivity contribution in [2.75, 3.05) is 32.2 Å². The highest BCUT2D eigenvalue weighted by Gasteiger charge is 2.11. The molecule has 1 rings (SSSR count). The first-order chi connectivity index (χ1) is 9.08. The van der Waals surface area contributed by atoms with Crippen LogP contribution in [-0.2, 0) is 9.47 Å². The molecule has 0 aliphatic rings. The maximum absolute atomic E-state index is 11.4. The molecule has 1 N–H and O–H groups in total. The van der Waals surface area contributed by atoms with Crippen LogP contribution < -0.4 is 10.1 Å². The fraction of sp³-hybridized carbons (Fsp3) is 0.417. The molecule has 1 aromatic rings. The zero-order chi connectivity index (χ0) is 14.3. The molecule has 0 saturated carbocycles. The summed E-state index contributed by atoms with van der Waals surface area (Å²) in [5, 5.41) is 3.15. The first kappa shape index (κ1) is 15.9. The van der Waals surface area contributed by atoms with Gasteiger partial charge in [-0.3, -0.25) is 5.32 Å². The van der Waals surface area contributed by atoms with Crippen molar-refractivity contribution >= 4 is 35.0 Å². The second kappa shape index (κ2) is 8.09. The molecule has 1 amide bonds. The lowest BCUT2D eigenvalue weighted by Gasteiger charge is -2.11. The van der Waals surface area contributed by atoms with Crippen LogP contribution in [0.5, 0.6) is 5.75 Å². The van der Waals surface area contributed by atoms with E-state index in [0.717, 1.165) is 0 Å². The van der Waals surface area contributed by atoms with Gasteiger partial charge in [0.15, 0.2) is 5.75 Å². The number of amides is 1. The second-order valence-electron chi connectivity index (χ2n) is 3.46. The van der Waals surface area contributed by atoms with E-state index in [1.807, 2.05) is 6.92 Å². The van der Waals surface area contributed by atoms with Crippen molar-refractivity contribution in [3.8, 4) is 5.75 Å². The predicted molar refractivity (Wildman–Crippen MR) is 74.5 cm³/mol. The molecule has 0 saturated heterocycles. The number of rotatable bonds is 6. The third-order valence-corrected chi connectivity index (χ3v) is 2.62. The maximum Gasteiger partial charge on any atom is 0.411 e. The minimum absolute atomic E-state index is 0.167. The van der Waals surface area contributed by atoms with Crippen molar-refractivity contribution < 1.29 is 19.0 Å². The molecule has 7 heteroatoms. The monoisotopic (exact) mass is 307 g/mol. The molecule has 19 heavy (non-hydrogen) atoms. The number of benzene rings is 1. The number of nitrogens with one attached hydrogen (secondary N) is 1. The van der Waals surface area contributed by atoms with Crippen molar-refractivity contribution in [1.82, 2.24) is 0 Å². The first-order valence-corrected chi connectivity index (χ1v) is 6.38. The second-order valence-corrected chi connectivity index (χ2v) is 4.27. The average molecular weight is 308 g/mol. The van der Waals surface area contributed by atoms with Gasteiger partial charge in [-0.15, -0.1) is 0 Å². The zero-order valence-corrected chi connectivity index (χ0v) is 12.2. The summed E-state index contributed by atoms with van der Waals surface area (Å²) in [6.45, 7) is 2.77. The lowest BCUT2D eigenvalue weighted by Crippen LogP contribution is -2.16. The Hall–Kier alpha value is -1.17. The van der Waals surface area contributed by atoms with Gasteiger partial charge in [-0.1, -0.05) is 23.2 Å². The number of carbonyl (C=O) groups excluding carboxylic acids is 1. The molecule has 0 spiro atoms. The summed E-state index contributed by atoms with van der Waals surface area (Å²) >= 11 is 12.0. The molecule has 0 atom stereocenters. The minimum Gasteiger partial charge on any atom is -0.491 e.